The van der Waals surface area contributed by atoms with Crippen LogP contribution < -0.4 is 11.0 Å². The van der Waals surface area contributed by atoms with Crippen LogP contribution in [-0.4, -0.2) is 26.4 Å². The topological polar surface area (TPSA) is 104 Å². The number of benzene rings is 2. The minimum atomic E-state index is -0.259. The van der Waals surface area contributed by atoms with Crippen LogP contribution in [0.1, 0.15) is 13.3 Å². The normalized spacial score (nSPS) is 11.0. The van der Waals surface area contributed by atoms with Gasteiger partial charge in [-0.15, -0.1) is 5.10 Å². The van der Waals surface area contributed by atoms with Gasteiger partial charge in [0.2, 0.25) is 5.91 Å². The molecule has 144 valence electrons. The minimum absolute atomic E-state index is 0.156. The van der Waals surface area contributed by atoms with Gasteiger partial charge in [-0.25, -0.2) is 9.89 Å². The van der Waals surface area contributed by atoms with Crippen molar-refractivity contribution in [1.82, 2.24) is 14.8 Å². The molecule has 0 unspecified atom stereocenters. The van der Waals surface area contributed by atoms with Crippen molar-refractivity contribution in [1.29, 1.82) is 0 Å². The summed E-state index contributed by atoms with van der Waals surface area (Å²) in [6, 6.07) is 16.6. The summed E-state index contributed by atoms with van der Waals surface area (Å²) in [5.74, 6) is -0.0223. The van der Waals surface area contributed by atoms with E-state index < -0.39 is 0 Å². The Labute approximate surface area is 166 Å². The molecule has 0 saturated carbocycles. The number of hydrogen-bond donors (Lipinski definition) is 2. The Morgan fingerprint density at radius 3 is 2.46 bits per heavy atom. The number of hydrogen-bond acceptors (Lipinski definition) is 6. The fraction of sp³-hybridized carbons (Fsp3) is 0.211. The minimum Gasteiger partial charge on any atom is -0.325 e. The lowest BCUT2D eigenvalue weighted by Gasteiger charge is -2.06. The van der Waals surface area contributed by atoms with E-state index in [1.807, 2.05) is 37.3 Å². The molecule has 1 heterocycles. The number of anilines is 1. The van der Waals surface area contributed by atoms with Crippen LogP contribution in [0.4, 0.5) is 17.1 Å². The Morgan fingerprint density at radius 1 is 1.11 bits per heavy atom. The number of thioether (sulfide) groups is 1. The standard InChI is InChI=1S/C19H20N6O2S/c1-2-12-25-18(27)23-24-19(25)28-13-17(26)20-14-8-10-16(11-9-14)22-21-15-6-4-3-5-7-15/h3-11H,2,12-13H2,1H3,(H,20,26)(H,23,27). The van der Waals surface area contributed by atoms with E-state index in [4.69, 9.17) is 0 Å². The number of aromatic amines is 1. The van der Waals surface area contributed by atoms with E-state index >= 15 is 0 Å². The van der Waals surface area contributed by atoms with Gasteiger partial charge < -0.3 is 5.32 Å². The third-order valence-corrected chi connectivity index (χ3v) is 4.67. The van der Waals surface area contributed by atoms with E-state index in [1.54, 1.807) is 24.3 Å². The molecule has 28 heavy (non-hydrogen) atoms. The van der Waals surface area contributed by atoms with Crippen LogP contribution in [0.3, 0.4) is 0 Å². The third kappa shape index (κ3) is 5.40. The van der Waals surface area contributed by atoms with E-state index in [0.29, 0.717) is 23.1 Å². The Hall–Kier alpha value is -3.20. The molecule has 0 spiro atoms. The molecule has 0 atom stereocenters. The van der Waals surface area contributed by atoms with Gasteiger partial charge in [-0.05, 0) is 42.8 Å². The molecule has 2 aromatic carbocycles. The van der Waals surface area contributed by atoms with E-state index in [9.17, 15) is 9.59 Å². The quantitative estimate of drug-likeness (QED) is 0.441. The lowest BCUT2D eigenvalue weighted by atomic mass is 10.3. The van der Waals surface area contributed by atoms with Gasteiger partial charge in [0.1, 0.15) is 0 Å². The number of nitrogens with zero attached hydrogens (tertiary/aromatic N) is 4. The number of aromatic nitrogens is 3. The fourth-order valence-electron chi connectivity index (χ4n) is 2.38. The van der Waals surface area contributed by atoms with Crippen molar-refractivity contribution in [2.45, 2.75) is 25.0 Å². The molecule has 0 bridgehead atoms. The molecule has 3 aromatic rings. The molecule has 0 aliphatic rings. The molecule has 1 aromatic heterocycles. The van der Waals surface area contributed by atoms with Crippen LogP contribution in [-0.2, 0) is 11.3 Å². The number of amides is 1. The second-order valence-corrected chi connectivity index (χ2v) is 6.82. The van der Waals surface area contributed by atoms with Gasteiger partial charge in [0, 0.05) is 12.2 Å². The zero-order valence-electron chi connectivity index (χ0n) is 15.3. The highest BCUT2D eigenvalue weighted by molar-refractivity contribution is 7.99. The molecular weight excluding hydrogens is 376 g/mol. The summed E-state index contributed by atoms with van der Waals surface area (Å²) >= 11 is 1.22. The molecule has 0 fully saturated rings. The summed E-state index contributed by atoms with van der Waals surface area (Å²) < 4.78 is 1.53. The van der Waals surface area contributed by atoms with Crippen molar-refractivity contribution >= 4 is 34.7 Å². The summed E-state index contributed by atoms with van der Waals surface area (Å²) in [5, 5.41) is 18.0. The molecular formula is C19H20N6O2S. The summed E-state index contributed by atoms with van der Waals surface area (Å²) in [5.41, 5.74) is 1.87. The van der Waals surface area contributed by atoms with E-state index in [0.717, 1.165) is 12.1 Å². The van der Waals surface area contributed by atoms with Gasteiger partial charge >= 0.3 is 5.69 Å². The zero-order valence-corrected chi connectivity index (χ0v) is 16.1. The van der Waals surface area contributed by atoms with E-state index in [2.05, 4.69) is 25.7 Å². The van der Waals surface area contributed by atoms with Crippen LogP contribution in [0.2, 0.25) is 0 Å². The fourth-order valence-corrected chi connectivity index (χ4v) is 3.16. The third-order valence-electron chi connectivity index (χ3n) is 3.69. The number of H-pyrrole nitrogens is 1. The first kappa shape index (κ1) is 19.6. The highest BCUT2D eigenvalue weighted by atomic mass is 32.2. The SMILES string of the molecule is CCCn1c(SCC(=O)Nc2ccc(N=Nc3ccccc3)cc2)n[nH]c1=O. The zero-order chi connectivity index (χ0) is 19.8. The van der Waals surface area contributed by atoms with Crippen LogP contribution in [0, 0.1) is 0 Å². The predicted molar refractivity (Wildman–Crippen MR) is 110 cm³/mol. The molecule has 8 nitrogen and oxygen atoms in total. The van der Waals surface area contributed by atoms with Gasteiger partial charge in [0.15, 0.2) is 5.16 Å². The molecule has 0 radical (unpaired) electrons. The van der Waals surface area contributed by atoms with Gasteiger partial charge in [0.05, 0.1) is 17.1 Å². The first-order valence-electron chi connectivity index (χ1n) is 8.80. The second-order valence-electron chi connectivity index (χ2n) is 5.88. The van der Waals surface area contributed by atoms with Gasteiger partial charge in [0.25, 0.3) is 0 Å². The van der Waals surface area contributed by atoms with Crippen molar-refractivity contribution in [3.63, 3.8) is 0 Å². The van der Waals surface area contributed by atoms with Crippen molar-refractivity contribution in [3.05, 3.63) is 65.1 Å². The summed E-state index contributed by atoms with van der Waals surface area (Å²) in [6.07, 6.45) is 0.813. The highest BCUT2D eigenvalue weighted by Gasteiger charge is 2.11. The van der Waals surface area contributed by atoms with Crippen molar-refractivity contribution in [3.8, 4) is 0 Å². The van der Waals surface area contributed by atoms with Crippen LogP contribution in [0.25, 0.3) is 0 Å². The lowest BCUT2D eigenvalue weighted by molar-refractivity contribution is -0.113. The predicted octanol–water partition coefficient (Wildman–Crippen LogP) is 4.13. The average Bonchev–Trinajstić information content (AvgIpc) is 3.07. The molecule has 9 heteroatoms. The van der Waals surface area contributed by atoms with E-state index in [-0.39, 0.29) is 17.3 Å². The van der Waals surface area contributed by atoms with Crippen LogP contribution in [0.5, 0.6) is 0 Å². The molecule has 0 saturated heterocycles. The maximum absolute atomic E-state index is 12.2. The molecule has 1 amide bonds. The van der Waals surface area contributed by atoms with Crippen molar-refractivity contribution in [2.24, 2.45) is 10.2 Å². The molecule has 0 aliphatic carbocycles. The van der Waals surface area contributed by atoms with Gasteiger partial charge in [-0.1, -0.05) is 36.9 Å². The Balaban J connectivity index is 1.53. The number of rotatable bonds is 8. The maximum Gasteiger partial charge on any atom is 0.343 e. The summed E-state index contributed by atoms with van der Waals surface area (Å²) in [7, 11) is 0. The van der Waals surface area contributed by atoms with Crippen LogP contribution in [0.15, 0.2) is 74.8 Å². The number of carbonyl (C=O) groups excluding carboxylic acids is 1. The number of carbonyl (C=O) groups is 1. The summed E-state index contributed by atoms with van der Waals surface area (Å²) in [4.78, 5) is 23.8. The second kappa shape index (κ2) is 9.65. The highest BCUT2D eigenvalue weighted by Crippen LogP contribution is 2.20. The van der Waals surface area contributed by atoms with Gasteiger partial charge in [-0.3, -0.25) is 9.36 Å². The Bertz CT molecular complexity index is 995. The Kier molecular flexibility index (Phi) is 6.74. The smallest absolute Gasteiger partial charge is 0.325 e. The van der Waals surface area contributed by atoms with E-state index in [1.165, 1.54) is 16.3 Å². The first-order valence-corrected chi connectivity index (χ1v) is 9.79. The Morgan fingerprint density at radius 2 is 1.79 bits per heavy atom. The van der Waals surface area contributed by atoms with Crippen molar-refractivity contribution in [2.75, 3.05) is 11.1 Å². The lowest BCUT2D eigenvalue weighted by Crippen LogP contribution is -2.18. The van der Waals surface area contributed by atoms with Crippen molar-refractivity contribution < 1.29 is 4.79 Å². The van der Waals surface area contributed by atoms with Gasteiger partial charge in [-0.2, -0.15) is 10.2 Å². The molecule has 2 N–H and O–H groups in total. The largest absolute Gasteiger partial charge is 0.343 e. The number of nitrogens with one attached hydrogen (secondary N) is 2. The monoisotopic (exact) mass is 396 g/mol. The molecule has 0 aliphatic heterocycles. The van der Waals surface area contributed by atoms with Crippen LogP contribution >= 0.6 is 11.8 Å². The number of azo groups is 1. The summed E-state index contributed by atoms with van der Waals surface area (Å²) in [6.45, 7) is 2.54. The first-order chi connectivity index (χ1) is 13.7. The molecule has 3 rings (SSSR count). The maximum atomic E-state index is 12.2. The average molecular weight is 396 g/mol.